The molecule has 0 spiro atoms. The first-order chi connectivity index (χ1) is 12.6. The number of nitrogens with one attached hydrogen (secondary N) is 1. The van der Waals surface area contributed by atoms with Crippen molar-refractivity contribution in [2.45, 2.75) is 43.6 Å². The quantitative estimate of drug-likeness (QED) is 0.858. The molecule has 1 aromatic carbocycles. The molecule has 1 aromatic rings. The number of likely N-dealkylation sites (tertiary alicyclic amines) is 1. The van der Waals surface area contributed by atoms with E-state index in [1.807, 2.05) is 29.2 Å². The number of rotatable bonds is 5. The molecule has 3 aliphatic heterocycles. The molecule has 0 saturated carbocycles. The second-order valence-electron chi connectivity index (χ2n) is 7.78. The van der Waals surface area contributed by atoms with E-state index in [4.69, 9.17) is 11.6 Å². The molecule has 4 rings (SSSR count). The summed E-state index contributed by atoms with van der Waals surface area (Å²) in [5.41, 5.74) is 0.118. The van der Waals surface area contributed by atoms with Crippen molar-refractivity contribution in [2.24, 2.45) is 0 Å². The van der Waals surface area contributed by atoms with Gasteiger partial charge in [-0.15, -0.1) is 0 Å². The average molecular weight is 376 g/mol. The normalized spacial score (nSPS) is 28.6. The van der Waals surface area contributed by atoms with Crippen molar-refractivity contribution in [3.8, 4) is 0 Å². The zero-order chi connectivity index (χ0) is 18.1. The van der Waals surface area contributed by atoms with Gasteiger partial charge in [0.1, 0.15) is 0 Å². The van der Waals surface area contributed by atoms with Crippen LogP contribution >= 0.6 is 11.6 Å². The summed E-state index contributed by atoms with van der Waals surface area (Å²) in [6, 6.07) is 7.73. The minimum atomic E-state index is -0.732. The lowest BCUT2D eigenvalue weighted by atomic mass is 9.76. The van der Waals surface area contributed by atoms with E-state index in [0.717, 1.165) is 31.6 Å². The topological polar surface area (TPSA) is 52.7 Å². The number of hydrogen-bond donors (Lipinski definition) is 1. The maximum atomic E-state index is 13.3. The molecular formula is C20H26ClN3O2. The largest absolute Gasteiger partial charge is 0.354 e. The molecule has 0 aromatic heterocycles. The smallest absolute Gasteiger partial charge is 0.232 e. The third kappa shape index (κ3) is 3.12. The number of amides is 2. The number of halogens is 1. The summed E-state index contributed by atoms with van der Waals surface area (Å²) in [4.78, 5) is 29.8. The molecule has 3 aliphatic rings. The molecule has 0 aliphatic carbocycles. The zero-order valence-corrected chi connectivity index (χ0v) is 15.8. The van der Waals surface area contributed by atoms with Crippen molar-refractivity contribution in [2.75, 3.05) is 32.7 Å². The maximum Gasteiger partial charge on any atom is 0.232 e. The summed E-state index contributed by atoms with van der Waals surface area (Å²) in [6.45, 7) is 4.21. The van der Waals surface area contributed by atoms with Crippen LogP contribution in [0.15, 0.2) is 24.3 Å². The Kier molecular flexibility index (Phi) is 4.93. The Morgan fingerprint density at radius 1 is 1.27 bits per heavy atom. The van der Waals surface area contributed by atoms with Crippen LogP contribution in [0.2, 0.25) is 5.02 Å². The zero-order valence-electron chi connectivity index (χ0n) is 15.0. The lowest BCUT2D eigenvalue weighted by Gasteiger charge is -2.30. The molecule has 2 amide bonds. The van der Waals surface area contributed by atoms with Crippen LogP contribution in [0.5, 0.6) is 0 Å². The van der Waals surface area contributed by atoms with Crippen molar-refractivity contribution < 1.29 is 9.59 Å². The van der Waals surface area contributed by atoms with Gasteiger partial charge < -0.3 is 15.1 Å². The molecule has 1 N–H and O–H groups in total. The Bertz CT molecular complexity index is 704. The van der Waals surface area contributed by atoms with E-state index in [1.165, 1.54) is 12.8 Å². The van der Waals surface area contributed by atoms with Gasteiger partial charge in [-0.25, -0.2) is 0 Å². The molecule has 2 atom stereocenters. The predicted octanol–water partition coefficient (Wildman–Crippen LogP) is 2.18. The molecule has 0 unspecified atom stereocenters. The van der Waals surface area contributed by atoms with E-state index in [0.29, 0.717) is 31.0 Å². The summed E-state index contributed by atoms with van der Waals surface area (Å²) >= 11 is 6.48. The van der Waals surface area contributed by atoms with Crippen molar-refractivity contribution in [3.05, 3.63) is 34.9 Å². The van der Waals surface area contributed by atoms with Gasteiger partial charge in [0.15, 0.2) is 0 Å². The highest BCUT2D eigenvalue weighted by Gasteiger charge is 2.54. The Balaban J connectivity index is 1.54. The van der Waals surface area contributed by atoms with E-state index < -0.39 is 5.41 Å². The predicted molar refractivity (Wildman–Crippen MR) is 101 cm³/mol. The Morgan fingerprint density at radius 3 is 2.77 bits per heavy atom. The Hall–Kier alpha value is -1.59. The molecule has 3 fully saturated rings. The first kappa shape index (κ1) is 17.8. The molecule has 140 valence electrons. The van der Waals surface area contributed by atoms with Gasteiger partial charge in [0.2, 0.25) is 11.8 Å². The summed E-state index contributed by atoms with van der Waals surface area (Å²) in [6.07, 6.45) is 4.59. The highest BCUT2D eigenvalue weighted by Crippen LogP contribution is 2.45. The minimum Gasteiger partial charge on any atom is -0.354 e. The fourth-order valence-corrected chi connectivity index (χ4v) is 5.13. The van der Waals surface area contributed by atoms with Crippen molar-refractivity contribution in [1.82, 2.24) is 15.1 Å². The van der Waals surface area contributed by atoms with E-state index in [-0.39, 0.29) is 17.9 Å². The standard InChI is InChI=1S/C20H26ClN3O2/c21-17-6-2-1-5-16(17)20(13-15-7-8-18(25)24(15)14-20)19(26)22-9-12-23-10-3-4-11-23/h1-2,5-6,15H,3-4,7-14H2,(H,22,26)/t15-,20+/m0/s1. The number of carbonyl (C=O) groups is 2. The summed E-state index contributed by atoms with van der Waals surface area (Å²) in [7, 11) is 0. The first-order valence-corrected chi connectivity index (χ1v) is 10.0. The second kappa shape index (κ2) is 7.20. The van der Waals surface area contributed by atoms with Crippen molar-refractivity contribution >= 4 is 23.4 Å². The van der Waals surface area contributed by atoms with Crippen LogP contribution in [0.1, 0.15) is 37.7 Å². The molecule has 3 saturated heterocycles. The van der Waals surface area contributed by atoms with Crippen LogP contribution in [0.4, 0.5) is 0 Å². The van der Waals surface area contributed by atoms with Gasteiger partial charge >= 0.3 is 0 Å². The van der Waals surface area contributed by atoms with Crippen LogP contribution in [0, 0.1) is 0 Å². The SMILES string of the molecule is O=C1CC[C@H]2C[C@](C(=O)NCCN3CCCC3)(c3ccccc3Cl)CN12. The van der Waals surface area contributed by atoms with E-state index in [1.54, 1.807) is 0 Å². The Morgan fingerprint density at radius 2 is 2.04 bits per heavy atom. The molecule has 6 heteroatoms. The highest BCUT2D eigenvalue weighted by atomic mass is 35.5. The number of hydrogen-bond acceptors (Lipinski definition) is 3. The summed E-state index contributed by atoms with van der Waals surface area (Å²) in [5.74, 6) is 0.167. The minimum absolute atomic E-state index is 0.00648. The lowest BCUT2D eigenvalue weighted by molar-refractivity contribution is -0.129. The average Bonchev–Trinajstić information content (AvgIpc) is 3.34. The van der Waals surface area contributed by atoms with Crippen LogP contribution < -0.4 is 5.32 Å². The lowest BCUT2D eigenvalue weighted by Crippen LogP contribution is -2.48. The van der Waals surface area contributed by atoms with Gasteiger partial charge in [0.05, 0.1) is 5.41 Å². The molecular weight excluding hydrogens is 350 g/mol. The van der Waals surface area contributed by atoms with Crippen LogP contribution in [-0.2, 0) is 15.0 Å². The number of benzene rings is 1. The molecule has 0 bridgehead atoms. The van der Waals surface area contributed by atoms with Crippen LogP contribution in [0.25, 0.3) is 0 Å². The van der Waals surface area contributed by atoms with Gasteiger partial charge in [-0.05, 0) is 50.4 Å². The van der Waals surface area contributed by atoms with Gasteiger partial charge in [-0.1, -0.05) is 29.8 Å². The van der Waals surface area contributed by atoms with Gasteiger partial charge in [-0.2, -0.15) is 0 Å². The third-order valence-electron chi connectivity index (χ3n) is 6.21. The monoisotopic (exact) mass is 375 g/mol. The van der Waals surface area contributed by atoms with Crippen LogP contribution in [0.3, 0.4) is 0 Å². The van der Waals surface area contributed by atoms with Gasteiger partial charge in [0.25, 0.3) is 0 Å². The third-order valence-corrected chi connectivity index (χ3v) is 6.54. The molecule has 26 heavy (non-hydrogen) atoms. The number of fused-ring (bicyclic) bond motifs is 1. The fourth-order valence-electron chi connectivity index (χ4n) is 4.81. The van der Waals surface area contributed by atoms with Gasteiger partial charge in [0, 0.05) is 37.1 Å². The summed E-state index contributed by atoms with van der Waals surface area (Å²) < 4.78 is 0. The number of nitrogens with zero attached hydrogens (tertiary/aromatic N) is 2. The Labute approximate surface area is 159 Å². The molecule has 5 nitrogen and oxygen atoms in total. The van der Waals surface area contributed by atoms with E-state index in [9.17, 15) is 9.59 Å². The van der Waals surface area contributed by atoms with Crippen molar-refractivity contribution in [3.63, 3.8) is 0 Å². The first-order valence-electron chi connectivity index (χ1n) is 9.65. The maximum absolute atomic E-state index is 13.3. The fraction of sp³-hybridized carbons (Fsp3) is 0.600. The number of carbonyl (C=O) groups excluding carboxylic acids is 2. The van der Waals surface area contributed by atoms with Crippen molar-refractivity contribution in [1.29, 1.82) is 0 Å². The van der Waals surface area contributed by atoms with E-state index >= 15 is 0 Å². The second-order valence-corrected chi connectivity index (χ2v) is 8.19. The highest BCUT2D eigenvalue weighted by molar-refractivity contribution is 6.31. The van der Waals surface area contributed by atoms with E-state index in [2.05, 4.69) is 10.2 Å². The molecule has 0 radical (unpaired) electrons. The summed E-state index contributed by atoms with van der Waals surface area (Å²) in [5, 5.41) is 3.75. The van der Waals surface area contributed by atoms with Crippen LogP contribution in [-0.4, -0.2) is 60.4 Å². The van der Waals surface area contributed by atoms with Gasteiger partial charge in [-0.3, -0.25) is 9.59 Å². The molecule has 3 heterocycles.